The number of hydrogen-bond donors (Lipinski definition) is 1. The van der Waals surface area contributed by atoms with Crippen LogP contribution in [-0.4, -0.2) is 51.3 Å². The molecule has 0 unspecified atom stereocenters. The van der Waals surface area contributed by atoms with Crippen molar-refractivity contribution in [3.05, 3.63) is 42.5 Å². The number of carbonyl (C=O) groups excluding carboxylic acids is 2. The van der Waals surface area contributed by atoms with Gasteiger partial charge in [0.25, 0.3) is 11.8 Å². The van der Waals surface area contributed by atoms with E-state index in [1.165, 1.54) is 43.5 Å². The second-order valence-electron chi connectivity index (χ2n) is 6.76. The molecular weight excluding hydrogens is 398 g/mol. The van der Waals surface area contributed by atoms with Crippen LogP contribution in [0.15, 0.2) is 36.8 Å². The van der Waals surface area contributed by atoms with Gasteiger partial charge in [0.2, 0.25) is 0 Å². The predicted molar refractivity (Wildman–Crippen MR) is 102 cm³/mol. The molecule has 1 aliphatic heterocycles. The van der Waals surface area contributed by atoms with E-state index in [1.54, 1.807) is 12.1 Å². The number of nitrogens with one attached hydrogen (secondary N) is 1. The van der Waals surface area contributed by atoms with Gasteiger partial charge in [-0.25, -0.2) is 9.67 Å². The van der Waals surface area contributed by atoms with Gasteiger partial charge in [0.1, 0.15) is 18.3 Å². The number of pyridine rings is 2. The van der Waals surface area contributed by atoms with Gasteiger partial charge in [0.05, 0.1) is 11.7 Å². The van der Waals surface area contributed by atoms with E-state index in [4.69, 9.17) is 4.74 Å². The van der Waals surface area contributed by atoms with Crippen LogP contribution in [0, 0.1) is 0 Å². The average molecular weight is 416 g/mol. The molecular formula is C19H18F2N6O3. The number of carbonyl (C=O) groups is 2. The number of likely N-dealkylation sites (N-methyl/N-ethyl adjacent to an activating group) is 1. The minimum Gasteiger partial charge on any atom is -0.487 e. The lowest BCUT2D eigenvalue weighted by molar-refractivity contribution is -0.120. The molecule has 0 saturated carbocycles. The van der Waals surface area contributed by atoms with Gasteiger partial charge in [-0.2, -0.15) is 13.9 Å². The van der Waals surface area contributed by atoms with Crippen LogP contribution in [0.25, 0.3) is 10.9 Å². The Hall–Kier alpha value is -3.63. The van der Waals surface area contributed by atoms with Gasteiger partial charge >= 0.3 is 6.05 Å². The van der Waals surface area contributed by atoms with Crippen LogP contribution in [-0.2, 0) is 10.8 Å². The van der Waals surface area contributed by atoms with E-state index in [0.717, 1.165) is 0 Å². The molecule has 4 rings (SSSR count). The molecule has 11 heteroatoms. The molecule has 1 atom stereocenters. The van der Waals surface area contributed by atoms with Crippen molar-refractivity contribution in [2.45, 2.75) is 25.4 Å². The summed E-state index contributed by atoms with van der Waals surface area (Å²) >= 11 is 0. The number of halogens is 2. The fourth-order valence-electron chi connectivity index (χ4n) is 3.12. The molecule has 30 heavy (non-hydrogen) atoms. The smallest absolute Gasteiger partial charge is 0.343 e. The summed E-state index contributed by atoms with van der Waals surface area (Å²) in [5.74, 6) is -0.372. The fourth-order valence-corrected chi connectivity index (χ4v) is 3.12. The lowest BCUT2D eigenvalue weighted by Gasteiger charge is -2.19. The molecule has 4 heterocycles. The first-order chi connectivity index (χ1) is 14.3. The van der Waals surface area contributed by atoms with E-state index in [-0.39, 0.29) is 17.8 Å². The van der Waals surface area contributed by atoms with Gasteiger partial charge in [-0.3, -0.25) is 19.5 Å². The maximum atomic E-state index is 14.1. The van der Waals surface area contributed by atoms with Gasteiger partial charge < -0.3 is 10.1 Å². The number of anilines is 1. The summed E-state index contributed by atoms with van der Waals surface area (Å²) in [6.45, 7) is 1.23. The third-order valence-electron chi connectivity index (χ3n) is 4.83. The van der Waals surface area contributed by atoms with E-state index >= 15 is 0 Å². The second-order valence-corrected chi connectivity index (χ2v) is 6.76. The Morgan fingerprint density at radius 1 is 1.37 bits per heavy atom. The van der Waals surface area contributed by atoms with Crippen molar-refractivity contribution in [1.29, 1.82) is 0 Å². The van der Waals surface area contributed by atoms with Gasteiger partial charge in [-0.15, -0.1) is 0 Å². The number of aromatic nitrogens is 4. The molecule has 156 valence electrons. The SMILES string of the molecule is CCC(F)(F)n1ncc2cnc(C(=O)N[C@H]3COc4cccnc4N(C)C3=O)cc21. The quantitative estimate of drug-likeness (QED) is 0.697. The third kappa shape index (κ3) is 3.31. The van der Waals surface area contributed by atoms with Gasteiger partial charge in [-0.1, -0.05) is 6.92 Å². The van der Waals surface area contributed by atoms with Crippen molar-refractivity contribution < 1.29 is 23.1 Å². The van der Waals surface area contributed by atoms with Crippen molar-refractivity contribution in [3.63, 3.8) is 0 Å². The summed E-state index contributed by atoms with van der Waals surface area (Å²) in [6.07, 6.45) is 3.62. The average Bonchev–Trinajstić information content (AvgIpc) is 3.15. The highest BCUT2D eigenvalue weighted by atomic mass is 19.3. The molecule has 9 nitrogen and oxygen atoms in total. The van der Waals surface area contributed by atoms with Crippen molar-refractivity contribution >= 4 is 28.5 Å². The van der Waals surface area contributed by atoms with E-state index in [0.29, 0.717) is 21.6 Å². The molecule has 0 fully saturated rings. The molecule has 2 amide bonds. The summed E-state index contributed by atoms with van der Waals surface area (Å²) in [4.78, 5) is 34.9. The fraction of sp³-hybridized carbons (Fsp3) is 0.316. The number of hydrogen-bond acceptors (Lipinski definition) is 6. The Bertz CT molecular complexity index is 1130. The number of ether oxygens (including phenoxy) is 1. The van der Waals surface area contributed by atoms with Crippen molar-refractivity contribution in [2.75, 3.05) is 18.6 Å². The first-order valence-electron chi connectivity index (χ1n) is 9.20. The molecule has 0 radical (unpaired) electrons. The topological polar surface area (TPSA) is 102 Å². The highest BCUT2D eigenvalue weighted by Gasteiger charge is 2.33. The van der Waals surface area contributed by atoms with Gasteiger partial charge in [0.15, 0.2) is 11.6 Å². The van der Waals surface area contributed by atoms with Crippen LogP contribution in [0.5, 0.6) is 5.75 Å². The Kier molecular flexibility index (Phi) is 4.80. The Morgan fingerprint density at radius 3 is 2.93 bits per heavy atom. The summed E-state index contributed by atoms with van der Waals surface area (Å²) in [5.41, 5.74) is -0.0503. The molecule has 0 aromatic carbocycles. The zero-order valence-corrected chi connectivity index (χ0v) is 16.2. The monoisotopic (exact) mass is 416 g/mol. The molecule has 0 saturated heterocycles. The number of rotatable bonds is 4. The summed E-state index contributed by atoms with van der Waals surface area (Å²) in [5, 5.41) is 6.65. The summed E-state index contributed by atoms with van der Waals surface area (Å²) in [7, 11) is 1.53. The zero-order chi connectivity index (χ0) is 21.5. The number of nitrogens with zero attached hydrogens (tertiary/aromatic N) is 5. The normalized spacial score (nSPS) is 16.7. The molecule has 3 aromatic rings. The molecule has 0 spiro atoms. The van der Waals surface area contributed by atoms with Crippen LogP contribution in [0.2, 0.25) is 0 Å². The van der Waals surface area contributed by atoms with Crippen molar-refractivity contribution in [1.82, 2.24) is 25.1 Å². The van der Waals surface area contributed by atoms with E-state index < -0.39 is 30.3 Å². The van der Waals surface area contributed by atoms with Crippen molar-refractivity contribution in [2.24, 2.45) is 0 Å². The molecule has 0 aliphatic carbocycles. The van der Waals surface area contributed by atoms with E-state index in [1.807, 2.05) is 0 Å². The van der Waals surface area contributed by atoms with E-state index in [9.17, 15) is 18.4 Å². The Morgan fingerprint density at radius 2 is 2.17 bits per heavy atom. The highest BCUT2D eigenvalue weighted by molar-refractivity contribution is 6.03. The summed E-state index contributed by atoms with van der Waals surface area (Å²) < 4.78 is 34.4. The number of amides is 2. The molecule has 1 aliphatic rings. The van der Waals surface area contributed by atoms with Crippen LogP contribution >= 0.6 is 0 Å². The highest BCUT2D eigenvalue weighted by Crippen LogP contribution is 2.29. The molecule has 0 bridgehead atoms. The lowest BCUT2D eigenvalue weighted by atomic mass is 10.2. The number of fused-ring (bicyclic) bond motifs is 2. The molecule has 1 N–H and O–H groups in total. The van der Waals surface area contributed by atoms with Crippen LogP contribution < -0.4 is 15.0 Å². The van der Waals surface area contributed by atoms with Crippen molar-refractivity contribution in [3.8, 4) is 5.75 Å². The van der Waals surface area contributed by atoms with Gasteiger partial charge in [0, 0.05) is 31.2 Å². The lowest BCUT2D eigenvalue weighted by Crippen LogP contribution is -2.49. The maximum absolute atomic E-state index is 14.1. The second kappa shape index (κ2) is 7.32. The standard InChI is InChI=1S/C19H18F2N6O3/c1-3-19(20,21)27-14-7-12(23-8-11(14)9-24-27)17(28)25-13-10-30-15-5-4-6-22-16(15)26(2)18(13)29/h4-9,13H,3,10H2,1-2H3,(H,25,28)/t13-/m0/s1. The summed E-state index contributed by atoms with van der Waals surface area (Å²) in [6, 6.07) is 0.356. The predicted octanol–water partition coefficient (Wildman–Crippen LogP) is 1.94. The van der Waals surface area contributed by atoms with Crippen LogP contribution in [0.3, 0.4) is 0 Å². The number of alkyl halides is 2. The van der Waals surface area contributed by atoms with E-state index in [2.05, 4.69) is 20.4 Å². The Balaban J connectivity index is 1.59. The largest absolute Gasteiger partial charge is 0.487 e. The zero-order valence-electron chi connectivity index (χ0n) is 16.2. The molecule has 3 aromatic heterocycles. The first-order valence-corrected chi connectivity index (χ1v) is 9.20. The van der Waals surface area contributed by atoms with Crippen LogP contribution in [0.4, 0.5) is 14.6 Å². The Labute approximate surface area is 169 Å². The first kappa shape index (κ1) is 19.7. The minimum atomic E-state index is -3.20. The van der Waals surface area contributed by atoms with Gasteiger partial charge in [-0.05, 0) is 18.2 Å². The maximum Gasteiger partial charge on any atom is 0.343 e. The van der Waals surface area contributed by atoms with Crippen LogP contribution in [0.1, 0.15) is 23.8 Å². The third-order valence-corrected chi connectivity index (χ3v) is 4.83. The minimum absolute atomic E-state index is 0.0687.